The van der Waals surface area contributed by atoms with Crippen LogP contribution in [0.25, 0.3) is 0 Å². The molecule has 0 aliphatic rings. The first-order valence-corrected chi connectivity index (χ1v) is 9.07. The van der Waals surface area contributed by atoms with Gasteiger partial charge >= 0.3 is 0 Å². The number of para-hydroxylation sites is 1. The molecule has 0 atom stereocenters. The minimum absolute atomic E-state index is 0.542. The summed E-state index contributed by atoms with van der Waals surface area (Å²) in [5, 5.41) is 9.30. The molecule has 2 nitrogen and oxygen atoms in total. The van der Waals surface area contributed by atoms with Crippen molar-refractivity contribution in [3.05, 3.63) is 51.7 Å². The highest BCUT2D eigenvalue weighted by atomic mass is 32.1. The molecule has 3 heteroatoms. The van der Waals surface area contributed by atoms with Gasteiger partial charge in [0, 0.05) is 30.2 Å². The summed E-state index contributed by atoms with van der Waals surface area (Å²) in [7, 11) is 0. The molecule has 0 bridgehead atoms. The molecule has 1 aromatic heterocycles. The zero-order valence-electron chi connectivity index (χ0n) is 14.1. The molecule has 0 aliphatic carbocycles. The third-order valence-electron chi connectivity index (χ3n) is 3.86. The van der Waals surface area contributed by atoms with E-state index in [-0.39, 0.29) is 0 Å². The molecule has 0 spiro atoms. The molecule has 22 heavy (non-hydrogen) atoms. The molecule has 120 valence electrons. The summed E-state index contributed by atoms with van der Waals surface area (Å²) in [5.74, 6) is 1.08. The second-order valence-electron chi connectivity index (χ2n) is 6.30. The van der Waals surface area contributed by atoms with Crippen molar-refractivity contribution < 1.29 is 0 Å². The van der Waals surface area contributed by atoms with E-state index < -0.39 is 0 Å². The van der Waals surface area contributed by atoms with E-state index >= 15 is 0 Å². The molecule has 0 radical (unpaired) electrons. The maximum atomic E-state index is 3.67. The Kier molecular flexibility index (Phi) is 6.47. The van der Waals surface area contributed by atoms with E-state index in [1.165, 1.54) is 21.7 Å². The number of hydrogen-bond donors (Lipinski definition) is 2. The number of hydrogen-bond acceptors (Lipinski definition) is 3. The largest absolute Gasteiger partial charge is 0.383 e. The highest BCUT2D eigenvalue weighted by molar-refractivity contribution is 7.09. The van der Waals surface area contributed by atoms with E-state index in [0.29, 0.717) is 11.8 Å². The standard InChI is InChI=1S/C19H28N2S/c1-14(2)17-8-5-9-18(15(3)4)19(17)21-11-10-20-13-16-7-6-12-22-16/h5-9,12,14-15,20-21H,10-11,13H2,1-4H3. The molecule has 0 unspecified atom stereocenters. The number of nitrogens with one attached hydrogen (secondary N) is 2. The molecule has 0 saturated heterocycles. The number of benzene rings is 1. The molecule has 2 rings (SSSR count). The van der Waals surface area contributed by atoms with E-state index in [2.05, 4.69) is 74.0 Å². The van der Waals surface area contributed by atoms with Crippen LogP contribution in [0.4, 0.5) is 5.69 Å². The molecule has 1 heterocycles. The monoisotopic (exact) mass is 316 g/mol. The van der Waals surface area contributed by atoms with Gasteiger partial charge in [0.2, 0.25) is 0 Å². The average Bonchev–Trinajstić information content (AvgIpc) is 2.99. The third kappa shape index (κ3) is 4.59. The van der Waals surface area contributed by atoms with Crippen LogP contribution >= 0.6 is 11.3 Å². The third-order valence-corrected chi connectivity index (χ3v) is 4.73. The second-order valence-corrected chi connectivity index (χ2v) is 7.34. The molecule has 0 fully saturated rings. The predicted octanol–water partition coefficient (Wildman–Crippen LogP) is 5.20. The van der Waals surface area contributed by atoms with Gasteiger partial charge in [-0.2, -0.15) is 0 Å². The van der Waals surface area contributed by atoms with Crippen LogP contribution in [0.5, 0.6) is 0 Å². The van der Waals surface area contributed by atoms with Gasteiger partial charge in [-0.25, -0.2) is 0 Å². The van der Waals surface area contributed by atoms with E-state index in [1.807, 2.05) is 11.3 Å². The van der Waals surface area contributed by atoms with Gasteiger partial charge < -0.3 is 10.6 Å². The van der Waals surface area contributed by atoms with Crippen molar-refractivity contribution in [2.45, 2.75) is 46.1 Å². The van der Waals surface area contributed by atoms with Crippen molar-refractivity contribution in [3.8, 4) is 0 Å². The Hall–Kier alpha value is -1.32. The van der Waals surface area contributed by atoms with Crippen molar-refractivity contribution in [1.29, 1.82) is 0 Å². The Balaban J connectivity index is 1.93. The summed E-state index contributed by atoms with van der Waals surface area (Å²) in [6, 6.07) is 11.0. The van der Waals surface area contributed by atoms with Crippen LogP contribution in [0.15, 0.2) is 35.7 Å². The summed E-state index contributed by atoms with van der Waals surface area (Å²) < 4.78 is 0. The molecule has 0 saturated carbocycles. The van der Waals surface area contributed by atoms with Gasteiger partial charge in [0.15, 0.2) is 0 Å². The van der Waals surface area contributed by atoms with Gasteiger partial charge in [0.1, 0.15) is 0 Å². The first kappa shape index (κ1) is 17.0. The molecule has 2 N–H and O–H groups in total. The lowest BCUT2D eigenvalue weighted by atomic mass is 9.92. The van der Waals surface area contributed by atoms with E-state index in [0.717, 1.165) is 19.6 Å². The fourth-order valence-electron chi connectivity index (χ4n) is 2.66. The number of rotatable bonds is 8. The van der Waals surface area contributed by atoms with E-state index in [9.17, 15) is 0 Å². The summed E-state index contributed by atoms with van der Waals surface area (Å²) in [6.45, 7) is 11.9. The maximum Gasteiger partial charge on any atom is 0.0410 e. The van der Waals surface area contributed by atoms with Gasteiger partial charge in [-0.15, -0.1) is 11.3 Å². The van der Waals surface area contributed by atoms with Crippen molar-refractivity contribution in [2.75, 3.05) is 18.4 Å². The van der Waals surface area contributed by atoms with Gasteiger partial charge in [-0.1, -0.05) is 52.0 Å². The fraction of sp³-hybridized carbons (Fsp3) is 0.474. The van der Waals surface area contributed by atoms with Crippen molar-refractivity contribution in [2.24, 2.45) is 0 Å². The Morgan fingerprint density at radius 3 is 2.14 bits per heavy atom. The van der Waals surface area contributed by atoms with Crippen LogP contribution in [-0.2, 0) is 6.54 Å². The van der Waals surface area contributed by atoms with Crippen LogP contribution in [-0.4, -0.2) is 13.1 Å². The average molecular weight is 317 g/mol. The first-order chi connectivity index (χ1) is 10.6. The molecular formula is C19H28N2S. The highest BCUT2D eigenvalue weighted by Crippen LogP contribution is 2.32. The molecule has 1 aromatic carbocycles. The predicted molar refractivity (Wildman–Crippen MR) is 99.1 cm³/mol. The number of anilines is 1. The van der Waals surface area contributed by atoms with Crippen molar-refractivity contribution in [3.63, 3.8) is 0 Å². The number of thiophene rings is 1. The topological polar surface area (TPSA) is 24.1 Å². The first-order valence-electron chi connectivity index (χ1n) is 8.19. The Labute approximate surface area is 139 Å². The summed E-state index contributed by atoms with van der Waals surface area (Å²) >= 11 is 1.81. The van der Waals surface area contributed by atoms with Gasteiger partial charge in [-0.3, -0.25) is 0 Å². The molecule has 0 aliphatic heterocycles. The highest BCUT2D eigenvalue weighted by Gasteiger charge is 2.12. The smallest absolute Gasteiger partial charge is 0.0410 e. The lowest BCUT2D eigenvalue weighted by molar-refractivity contribution is 0.712. The van der Waals surface area contributed by atoms with Crippen LogP contribution in [0.3, 0.4) is 0 Å². The van der Waals surface area contributed by atoms with Crippen molar-refractivity contribution in [1.82, 2.24) is 5.32 Å². The molecule has 0 amide bonds. The summed E-state index contributed by atoms with van der Waals surface area (Å²) in [5.41, 5.74) is 4.18. The zero-order chi connectivity index (χ0) is 15.9. The lowest BCUT2D eigenvalue weighted by Gasteiger charge is -2.21. The van der Waals surface area contributed by atoms with Gasteiger partial charge in [0.05, 0.1) is 0 Å². The van der Waals surface area contributed by atoms with Crippen molar-refractivity contribution >= 4 is 17.0 Å². The minimum atomic E-state index is 0.542. The zero-order valence-corrected chi connectivity index (χ0v) is 15.0. The SMILES string of the molecule is CC(C)c1cccc(C(C)C)c1NCCNCc1cccs1. The van der Waals surface area contributed by atoms with Gasteiger partial charge in [0.25, 0.3) is 0 Å². The quantitative estimate of drug-likeness (QED) is 0.654. The normalized spacial score (nSPS) is 11.4. The van der Waals surface area contributed by atoms with Crippen LogP contribution in [0, 0.1) is 0 Å². The molecular weight excluding hydrogens is 288 g/mol. The minimum Gasteiger partial charge on any atom is -0.383 e. The Bertz CT molecular complexity index is 533. The molecule has 2 aromatic rings. The Morgan fingerprint density at radius 1 is 0.909 bits per heavy atom. The Morgan fingerprint density at radius 2 is 1.59 bits per heavy atom. The fourth-order valence-corrected chi connectivity index (χ4v) is 3.33. The lowest BCUT2D eigenvalue weighted by Crippen LogP contribution is -2.22. The second kappa shape index (κ2) is 8.35. The summed E-state index contributed by atoms with van der Waals surface area (Å²) in [6.07, 6.45) is 0. The van der Waals surface area contributed by atoms with Crippen LogP contribution in [0.2, 0.25) is 0 Å². The van der Waals surface area contributed by atoms with Gasteiger partial charge in [-0.05, 0) is 34.4 Å². The van der Waals surface area contributed by atoms with Crippen LogP contribution < -0.4 is 10.6 Å². The van der Waals surface area contributed by atoms with Crippen LogP contribution in [0.1, 0.15) is 55.5 Å². The maximum absolute atomic E-state index is 3.67. The summed E-state index contributed by atoms with van der Waals surface area (Å²) in [4.78, 5) is 1.39. The van der Waals surface area contributed by atoms with E-state index in [4.69, 9.17) is 0 Å². The van der Waals surface area contributed by atoms with E-state index in [1.54, 1.807) is 0 Å².